The van der Waals surface area contributed by atoms with E-state index in [4.69, 9.17) is 9.47 Å². The van der Waals surface area contributed by atoms with E-state index in [1.165, 1.54) is 41.3 Å². The van der Waals surface area contributed by atoms with Gasteiger partial charge in [-0.25, -0.2) is 9.59 Å². The van der Waals surface area contributed by atoms with Crippen molar-refractivity contribution in [1.82, 2.24) is 15.1 Å². The molecule has 2 amide bonds. The lowest BCUT2D eigenvalue weighted by atomic mass is 9.79. The van der Waals surface area contributed by atoms with Crippen LogP contribution in [0.25, 0.3) is 0 Å². The number of aliphatic hydroxyl groups is 1. The Morgan fingerprint density at radius 3 is 2.18 bits per heavy atom. The van der Waals surface area contributed by atoms with Crippen LogP contribution in [0.1, 0.15) is 37.8 Å². The molecule has 7 atom stereocenters. The van der Waals surface area contributed by atoms with Crippen molar-refractivity contribution in [2.45, 2.75) is 63.3 Å². The van der Waals surface area contributed by atoms with Crippen molar-refractivity contribution in [3.05, 3.63) is 90.5 Å². The van der Waals surface area contributed by atoms with Gasteiger partial charge in [0.05, 0.1) is 27.9 Å². The Morgan fingerprint density at radius 2 is 1.61 bits per heavy atom. The van der Waals surface area contributed by atoms with Crippen molar-refractivity contribution in [1.29, 1.82) is 0 Å². The number of β-lactam (4-membered cyclic amide) rings is 1. The van der Waals surface area contributed by atoms with Gasteiger partial charge < -0.3 is 29.7 Å². The van der Waals surface area contributed by atoms with E-state index in [1.807, 2.05) is 6.92 Å². The van der Waals surface area contributed by atoms with E-state index in [1.54, 1.807) is 35.7 Å². The number of esters is 1. The Balaban J connectivity index is 1.07. The van der Waals surface area contributed by atoms with Crippen LogP contribution in [-0.4, -0.2) is 85.8 Å². The number of fused-ring (bicyclic) bond motifs is 1. The van der Waals surface area contributed by atoms with Crippen LogP contribution < -0.4 is 5.32 Å². The molecule has 0 saturated carbocycles. The summed E-state index contributed by atoms with van der Waals surface area (Å²) >= 11 is 1.55. The summed E-state index contributed by atoms with van der Waals surface area (Å²) in [4.78, 5) is 64.2. The normalized spacial score (nSPS) is 26.7. The van der Waals surface area contributed by atoms with Crippen LogP contribution >= 0.6 is 11.8 Å². The predicted octanol–water partition coefficient (Wildman–Crippen LogP) is 3.74. The number of rotatable bonds is 11. The van der Waals surface area contributed by atoms with Gasteiger partial charge in [0.1, 0.15) is 18.9 Å². The number of likely N-dealkylation sites (tertiary alicyclic amines) is 1. The molecule has 4 heterocycles. The van der Waals surface area contributed by atoms with Gasteiger partial charge in [0, 0.05) is 66.0 Å². The Hall–Kier alpha value is -4.54. The lowest BCUT2D eigenvalue weighted by Gasteiger charge is -2.46. The molecule has 2 N–H and O–H groups in total. The standard InChI is InChI=1S/C33H37N5O10S/c1-18-28-27(19(2)39)31(40)36(28)29(32(41)47-16-20-3-7-23(8-4-20)37(43)44)30(18)49-25-13-26(34-14-25)22-11-12-35(15-22)33(42)48-17-21-5-9-24(10-6-21)38(45)46/h3-10,18-19,22,25-28,34,39H,11-17H2,1-2H3/t18-,19-,22+,25+,26+,27-,28-/m1/s1. The highest BCUT2D eigenvalue weighted by atomic mass is 32.2. The van der Waals surface area contributed by atoms with Crippen LogP contribution in [0.4, 0.5) is 16.2 Å². The average Bonchev–Trinajstić information content (AvgIpc) is 3.81. The van der Waals surface area contributed by atoms with E-state index in [9.17, 15) is 39.7 Å². The molecule has 4 aliphatic rings. The highest BCUT2D eigenvalue weighted by molar-refractivity contribution is 8.03. The first-order chi connectivity index (χ1) is 23.4. The summed E-state index contributed by atoms with van der Waals surface area (Å²) in [7, 11) is 0. The molecule has 6 rings (SSSR count). The Bertz CT molecular complexity index is 1670. The molecule has 4 aliphatic heterocycles. The maximum atomic E-state index is 13.5. The maximum Gasteiger partial charge on any atom is 0.410 e. The maximum absolute atomic E-state index is 13.5. The van der Waals surface area contributed by atoms with Crippen molar-refractivity contribution in [3.63, 3.8) is 0 Å². The minimum absolute atomic E-state index is 0.0146. The Labute approximate surface area is 285 Å². The molecule has 3 fully saturated rings. The van der Waals surface area contributed by atoms with Gasteiger partial charge in [0.25, 0.3) is 11.4 Å². The molecule has 0 unspecified atom stereocenters. The first-order valence-corrected chi connectivity index (χ1v) is 17.0. The number of nitro benzene ring substituents is 2. The van der Waals surface area contributed by atoms with Crippen LogP contribution in [0, 0.1) is 38.0 Å². The van der Waals surface area contributed by atoms with Gasteiger partial charge in [-0.2, -0.15) is 0 Å². The third-order valence-electron chi connectivity index (χ3n) is 9.80. The van der Waals surface area contributed by atoms with E-state index in [0.717, 1.165) is 17.7 Å². The summed E-state index contributed by atoms with van der Waals surface area (Å²) in [6.45, 7) is 5.15. The minimum atomic E-state index is -0.874. The van der Waals surface area contributed by atoms with Crippen molar-refractivity contribution in [2.75, 3.05) is 19.6 Å². The summed E-state index contributed by atoms with van der Waals surface area (Å²) in [5.41, 5.74) is 1.31. The highest BCUT2D eigenvalue weighted by Crippen LogP contribution is 2.52. The number of nitro groups is 2. The number of hydrogen-bond acceptors (Lipinski definition) is 12. The fraction of sp³-hybridized carbons (Fsp3) is 0.485. The monoisotopic (exact) mass is 695 g/mol. The van der Waals surface area contributed by atoms with Crippen LogP contribution in [0.15, 0.2) is 59.1 Å². The summed E-state index contributed by atoms with van der Waals surface area (Å²) < 4.78 is 11.1. The number of benzene rings is 2. The quantitative estimate of drug-likeness (QED) is 0.150. The highest BCUT2D eigenvalue weighted by Gasteiger charge is 2.60. The summed E-state index contributed by atoms with van der Waals surface area (Å²) in [5.74, 6) is -1.60. The molecule has 2 aromatic rings. The van der Waals surface area contributed by atoms with Gasteiger partial charge in [-0.1, -0.05) is 6.92 Å². The summed E-state index contributed by atoms with van der Waals surface area (Å²) in [6.07, 6.45) is 0.262. The van der Waals surface area contributed by atoms with Gasteiger partial charge in [-0.15, -0.1) is 11.8 Å². The average molecular weight is 696 g/mol. The van der Waals surface area contributed by atoms with E-state index < -0.39 is 33.9 Å². The third-order valence-corrected chi connectivity index (χ3v) is 11.3. The summed E-state index contributed by atoms with van der Waals surface area (Å²) in [5, 5.41) is 35.9. The molecule has 49 heavy (non-hydrogen) atoms. The zero-order chi connectivity index (χ0) is 35.0. The number of non-ortho nitro benzene ring substituents is 2. The number of thioether (sulfide) groups is 1. The molecule has 0 aromatic heterocycles. The van der Waals surface area contributed by atoms with Crippen LogP contribution in [0.3, 0.4) is 0 Å². The van der Waals surface area contributed by atoms with Crippen molar-refractivity contribution in [2.24, 2.45) is 17.8 Å². The number of nitrogens with one attached hydrogen (secondary N) is 1. The second-order valence-electron chi connectivity index (χ2n) is 12.9. The minimum Gasteiger partial charge on any atom is -0.456 e. The van der Waals surface area contributed by atoms with Gasteiger partial charge >= 0.3 is 12.1 Å². The molecule has 0 spiro atoms. The molecule has 3 saturated heterocycles. The van der Waals surface area contributed by atoms with Crippen LogP contribution in [-0.2, 0) is 32.3 Å². The molecule has 16 heteroatoms. The lowest BCUT2D eigenvalue weighted by molar-refractivity contribution is -0.385. The molecule has 0 bridgehead atoms. The van der Waals surface area contributed by atoms with Crippen molar-refractivity contribution in [3.8, 4) is 0 Å². The molecule has 2 aromatic carbocycles. The van der Waals surface area contributed by atoms with Gasteiger partial charge in [-0.3, -0.25) is 25.0 Å². The number of ether oxygens (including phenoxy) is 2. The van der Waals surface area contributed by atoms with Gasteiger partial charge in [-0.05, 0) is 61.1 Å². The number of nitrogens with zero attached hydrogens (tertiary/aromatic N) is 4. The summed E-state index contributed by atoms with van der Waals surface area (Å²) in [6, 6.07) is 11.3. The number of carbonyl (C=O) groups excluding carboxylic acids is 3. The lowest BCUT2D eigenvalue weighted by Crippen LogP contribution is -2.63. The second kappa shape index (κ2) is 14.1. The topological polar surface area (TPSA) is 195 Å². The molecular weight excluding hydrogens is 658 g/mol. The molecule has 0 radical (unpaired) electrons. The van der Waals surface area contributed by atoms with E-state index >= 15 is 0 Å². The SMILES string of the molecule is C[C@@H](O)[C@H]1C(=O)N2C(C(=O)OCc3ccc([N+](=O)[O-])cc3)=C(S[C@@H]3CN[C@H]([C@H]4CCN(C(=O)OCc5ccc([N+](=O)[O-])cc5)C4)C3)[C@H](C)[C@H]12. The number of hydrogen-bond donors (Lipinski definition) is 2. The van der Waals surface area contributed by atoms with Gasteiger partial charge in [0.2, 0.25) is 5.91 Å². The first kappa shape index (κ1) is 34.3. The first-order valence-electron chi connectivity index (χ1n) is 16.1. The van der Waals surface area contributed by atoms with Gasteiger partial charge in [0.15, 0.2) is 0 Å². The Kier molecular flexibility index (Phi) is 9.90. The molecule has 0 aliphatic carbocycles. The molecule has 15 nitrogen and oxygen atoms in total. The van der Waals surface area contributed by atoms with Crippen molar-refractivity contribution < 1.29 is 38.8 Å². The van der Waals surface area contributed by atoms with E-state index in [0.29, 0.717) is 30.8 Å². The molecule has 260 valence electrons. The Morgan fingerprint density at radius 1 is 1.02 bits per heavy atom. The van der Waals surface area contributed by atoms with Crippen molar-refractivity contribution >= 4 is 41.1 Å². The zero-order valence-corrected chi connectivity index (χ0v) is 27.7. The fourth-order valence-electron chi connectivity index (χ4n) is 7.19. The molecular formula is C33H37N5O10S. The predicted molar refractivity (Wildman–Crippen MR) is 176 cm³/mol. The third kappa shape index (κ3) is 6.98. The van der Waals surface area contributed by atoms with E-state index in [2.05, 4.69) is 5.32 Å². The smallest absolute Gasteiger partial charge is 0.410 e. The largest absolute Gasteiger partial charge is 0.456 e. The zero-order valence-electron chi connectivity index (χ0n) is 26.9. The van der Waals surface area contributed by atoms with Crippen LogP contribution in [0.5, 0.6) is 0 Å². The second-order valence-corrected chi connectivity index (χ2v) is 14.3. The number of aliphatic hydroxyl groups excluding tert-OH is 1. The number of amides is 2. The van der Waals surface area contributed by atoms with E-state index in [-0.39, 0.29) is 65.4 Å². The fourth-order valence-corrected chi connectivity index (χ4v) is 8.68. The number of carbonyl (C=O) groups is 3. The van der Waals surface area contributed by atoms with Crippen LogP contribution in [0.2, 0.25) is 0 Å².